The van der Waals surface area contributed by atoms with Crippen LogP contribution < -0.4 is 0 Å². The Morgan fingerprint density at radius 1 is 1.24 bits per heavy atom. The fourth-order valence-electron chi connectivity index (χ4n) is 2.14. The molecule has 0 radical (unpaired) electrons. The molecule has 0 saturated heterocycles. The number of aromatic nitrogens is 2. The van der Waals surface area contributed by atoms with Gasteiger partial charge in [-0.05, 0) is 30.3 Å². The van der Waals surface area contributed by atoms with Crippen LogP contribution in [0.25, 0.3) is 22.4 Å². The minimum Gasteiger partial charge on any atom is -0.507 e. The normalized spacial score (nSPS) is 11.9. The van der Waals surface area contributed by atoms with Gasteiger partial charge in [-0.2, -0.15) is 0 Å². The zero-order valence-electron chi connectivity index (χ0n) is 11.0. The minimum atomic E-state index is -3.38. The molecule has 2 aromatic carbocycles. The fraction of sp³-hybridized carbons (Fsp3) is 0.0714. The molecule has 21 heavy (non-hydrogen) atoms. The summed E-state index contributed by atoms with van der Waals surface area (Å²) in [7, 11) is -3.38. The van der Waals surface area contributed by atoms with Crippen molar-refractivity contribution in [3.05, 3.63) is 41.4 Å². The Balaban J connectivity index is 2.27. The van der Waals surface area contributed by atoms with Crippen molar-refractivity contribution in [1.29, 1.82) is 0 Å². The van der Waals surface area contributed by atoms with Crippen LogP contribution in [0.1, 0.15) is 0 Å². The van der Waals surface area contributed by atoms with E-state index in [1.54, 1.807) is 24.3 Å². The lowest BCUT2D eigenvalue weighted by molar-refractivity contribution is 0.477. The number of halogens is 1. The summed E-state index contributed by atoms with van der Waals surface area (Å²) in [5.41, 5.74) is 1.39. The average Bonchev–Trinajstić information content (AvgIpc) is 2.80. The molecule has 0 amide bonds. The Labute approximate surface area is 126 Å². The van der Waals surface area contributed by atoms with Gasteiger partial charge in [-0.15, -0.1) is 0 Å². The van der Waals surface area contributed by atoms with Crippen LogP contribution >= 0.6 is 11.6 Å². The van der Waals surface area contributed by atoms with Gasteiger partial charge in [0.1, 0.15) is 17.1 Å². The van der Waals surface area contributed by atoms with Crippen LogP contribution in [0.2, 0.25) is 5.02 Å². The summed E-state index contributed by atoms with van der Waals surface area (Å²) in [5.74, 6) is 0.359. The zero-order chi connectivity index (χ0) is 15.2. The number of fused-ring (bicyclic) bond motifs is 1. The van der Waals surface area contributed by atoms with Gasteiger partial charge < -0.3 is 10.1 Å². The number of sulfone groups is 1. The highest BCUT2D eigenvalue weighted by atomic mass is 35.5. The van der Waals surface area contributed by atoms with Gasteiger partial charge in [-0.1, -0.05) is 17.7 Å². The molecule has 2 N–H and O–H groups in total. The van der Waals surface area contributed by atoms with E-state index in [0.29, 0.717) is 27.4 Å². The van der Waals surface area contributed by atoms with Crippen LogP contribution in [0.3, 0.4) is 0 Å². The van der Waals surface area contributed by atoms with E-state index in [9.17, 15) is 13.5 Å². The number of aromatic amines is 1. The summed E-state index contributed by atoms with van der Waals surface area (Å²) in [6.07, 6.45) is 1.13. The number of hydrogen-bond acceptors (Lipinski definition) is 4. The van der Waals surface area contributed by atoms with Crippen molar-refractivity contribution >= 4 is 32.5 Å². The molecule has 0 aliphatic carbocycles. The van der Waals surface area contributed by atoms with E-state index >= 15 is 0 Å². The summed E-state index contributed by atoms with van der Waals surface area (Å²) < 4.78 is 23.6. The van der Waals surface area contributed by atoms with Gasteiger partial charge in [-0.25, -0.2) is 13.4 Å². The topological polar surface area (TPSA) is 83.0 Å². The van der Waals surface area contributed by atoms with Crippen LogP contribution in [0.5, 0.6) is 5.75 Å². The maximum absolute atomic E-state index is 11.8. The van der Waals surface area contributed by atoms with Gasteiger partial charge >= 0.3 is 0 Å². The fourth-order valence-corrected chi connectivity index (χ4v) is 3.14. The predicted octanol–water partition coefficient (Wildman–Crippen LogP) is 2.99. The Hall–Kier alpha value is -2.05. The molecule has 0 bridgehead atoms. The highest BCUT2D eigenvalue weighted by Crippen LogP contribution is 2.32. The summed E-state index contributed by atoms with van der Waals surface area (Å²) in [5, 5.41) is 10.3. The van der Waals surface area contributed by atoms with E-state index in [2.05, 4.69) is 9.97 Å². The number of rotatable bonds is 2. The Bertz CT molecular complexity index is 948. The van der Waals surface area contributed by atoms with E-state index in [4.69, 9.17) is 11.6 Å². The van der Waals surface area contributed by atoms with Crippen LogP contribution in [0.4, 0.5) is 0 Å². The first-order valence-electron chi connectivity index (χ1n) is 6.04. The molecular weight excluding hydrogens is 312 g/mol. The number of nitrogens with one attached hydrogen (secondary N) is 1. The van der Waals surface area contributed by atoms with Gasteiger partial charge in [0.05, 0.1) is 16.0 Å². The van der Waals surface area contributed by atoms with Crippen molar-refractivity contribution in [3.8, 4) is 17.1 Å². The van der Waals surface area contributed by atoms with Gasteiger partial charge in [0.2, 0.25) is 0 Å². The minimum absolute atomic E-state index is 0.0255. The second-order valence-electron chi connectivity index (χ2n) is 4.67. The lowest BCUT2D eigenvalue weighted by atomic mass is 10.2. The van der Waals surface area contributed by atoms with Crippen LogP contribution in [-0.2, 0) is 9.84 Å². The van der Waals surface area contributed by atoms with Gasteiger partial charge in [-0.3, -0.25) is 0 Å². The molecule has 0 unspecified atom stereocenters. The van der Waals surface area contributed by atoms with Crippen molar-refractivity contribution in [3.63, 3.8) is 0 Å². The standard InChI is InChI=1S/C14H11ClN2O3S/c1-21(19,20)12-4-2-3-10-13(12)17-14(16-10)9-6-5-8(15)7-11(9)18/h2-7,18H,1H3,(H,16,17). The van der Waals surface area contributed by atoms with E-state index in [1.807, 2.05) is 0 Å². The highest BCUT2D eigenvalue weighted by molar-refractivity contribution is 7.91. The van der Waals surface area contributed by atoms with Gasteiger partial charge in [0, 0.05) is 11.3 Å². The number of para-hydroxylation sites is 1. The van der Waals surface area contributed by atoms with Crippen molar-refractivity contribution in [2.45, 2.75) is 4.90 Å². The second kappa shape index (κ2) is 4.75. The van der Waals surface area contributed by atoms with E-state index < -0.39 is 9.84 Å². The van der Waals surface area contributed by atoms with Crippen LogP contribution in [0, 0.1) is 0 Å². The summed E-state index contributed by atoms with van der Waals surface area (Å²) >= 11 is 5.80. The van der Waals surface area contributed by atoms with Crippen LogP contribution in [0.15, 0.2) is 41.3 Å². The maximum atomic E-state index is 11.8. The maximum Gasteiger partial charge on any atom is 0.177 e. The molecule has 5 nitrogen and oxygen atoms in total. The molecule has 3 aromatic rings. The van der Waals surface area contributed by atoms with E-state index in [1.165, 1.54) is 12.1 Å². The highest BCUT2D eigenvalue weighted by Gasteiger charge is 2.17. The monoisotopic (exact) mass is 322 g/mol. The molecule has 3 rings (SSSR count). The second-order valence-corrected chi connectivity index (χ2v) is 7.09. The number of H-pyrrole nitrogens is 1. The molecule has 0 spiro atoms. The summed E-state index contributed by atoms with van der Waals surface area (Å²) in [6.45, 7) is 0. The SMILES string of the molecule is CS(=O)(=O)c1cccc2[nH]c(-c3ccc(Cl)cc3O)nc12. The number of phenolic OH excluding ortho intramolecular Hbond substituents is 1. The number of benzene rings is 2. The number of imidazole rings is 1. The number of aromatic hydroxyl groups is 1. The molecular formula is C14H11ClN2O3S. The molecule has 0 aliphatic rings. The van der Waals surface area contributed by atoms with E-state index in [-0.39, 0.29) is 10.6 Å². The first-order chi connectivity index (χ1) is 9.86. The molecule has 1 aromatic heterocycles. The van der Waals surface area contributed by atoms with E-state index in [0.717, 1.165) is 6.26 Å². The van der Waals surface area contributed by atoms with Gasteiger partial charge in [0.25, 0.3) is 0 Å². The molecule has 0 saturated carbocycles. The molecule has 0 atom stereocenters. The summed E-state index contributed by atoms with van der Waals surface area (Å²) in [6, 6.07) is 9.53. The largest absolute Gasteiger partial charge is 0.507 e. The quantitative estimate of drug-likeness (QED) is 0.759. The molecule has 1 heterocycles. The molecule has 0 aliphatic heterocycles. The molecule has 7 heteroatoms. The lowest BCUT2D eigenvalue weighted by Crippen LogP contribution is -1.97. The number of hydrogen-bond donors (Lipinski definition) is 2. The molecule has 0 fully saturated rings. The zero-order valence-corrected chi connectivity index (χ0v) is 12.5. The van der Waals surface area contributed by atoms with Crippen molar-refractivity contribution < 1.29 is 13.5 Å². The number of phenols is 1. The van der Waals surface area contributed by atoms with Gasteiger partial charge in [0.15, 0.2) is 9.84 Å². The van der Waals surface area contributed by atoms with Crippen LogP contribution in [-0.4, -0.2) is 29.7 Å². The molecule has 108 valence electrons. The van der Waals surface area contributed by atoms with Crippen molar-refractivity contribution in [2.75, 3.05) is 6.26 Å². The first kappa shape index (κ1) is 13.9. The third kappa shape index (κ3) is 2.48. The summed E-state index contributed by atoms with van der Waals surface area (Å²) in [4.78, 5) is 7.46. The number of nitrogens with zero attached hydrogens (tertiary/aromatic N) is 1. The smallest absolute Gasteiger partial charge is 0.177 e. The first-order valence-corrected chi connectivity index (χ1v) is 8.31. The third-order valence-electron chi connectivity index (χ3n) is 3.09. The Morgan fingerprint density at radius 3 is 2.67 bits per heavy atom. The lowest BCUT2D eigenvalue weighted by Gasteiger charge is -2.00. The average molecular weight is 323 g/mol. The third-order valence-corrected chi connectivity index (χ3v) is 4.45. The predicted molar refractivity (Wildman–Crippen MR) is 81.3 cm³/mol. The van der Waals surface area contributed by atoms with Crippen molar-refractivity contribution in [2.24, 2.45) is 0 Å². The Morgan fingerprint density at radius 2 is 2.00 bits per heavy atom. The van der Waals surface area contributed by atoms with Crippen molar-refractivity contribution in [1.82, 2.24) is 9.97 Å². The Kier molecular flexibility index (Phi) is 3.15.